The lowest BCUT2D eigenvalue weighted by Crippen LogP contribution is -2.39. The van der Waals surface area contributed by atoms with Gasteiger partial charge in [-0.1, -0.05) is 29.8 Å². The van der Waals surface area contributed by atoms with E-state index in [1.165, 1.54) is 12.8 Å². The van der Waals surface area contributed by atoms with Crippen LogP contribution in [-0.2, 0) is 0 Å². The standard InChI is InChI=1S/C30H31ClN6O2/c1-20-19-37-27(33-28(20)35-14-7-8-15-35)18-25(34-37)26-11-5-6-16-36(26)30(39)23-17-22(31)12-13-24(23)32-29(38)21-9-3-2-4-10-21/h2-4,9-10,12-13,17-19,26H,5-8,11,14-16H2,1H3,(H,32,38)/t26-/m0/s1. The van der Waals surface area contributed by atoms with Crippen LogP contribution in [0.1, 0.15) is 70.1 Å². The Morgan fingerprint density at radius 3 is 2.54 bits per heavy atom. The molecule has 4 aromatic rings. The molecule has 2 aliphatic rings. The third-order valence-corrected chi connectivity index (χ3v) is 7.87. The smallest absolute Gasteiger partial charge is 0.256 e. The molecule has 0 spiro atoms. The van der Waals surface area contributed by atoms with Crippen molar-refractivity contribution in [3.05, 3.63) is 88.2 Å². The molecule has 2 amide bonds. The number of anilines is 2. The summed E-state index contributed by atoms with van der Waals surface area (Å²) in [6.45, 7) is 4.72. The van der Waals surface area contributed by atoms with Crippen molar-refractivity contribution in [3.63, 3.8) is 0 Å². The minimum Gasteiger partial charge on any atom is -0.356 e. The van der Waals surface area contributed by atoms with Crippen molar-refractivity contribution >= 4 is 40.6 Å². The van der Waals surface area contributed by atoms with Crippen LogP contribution in [0.4, 0.5) is 11.5 Å². The van der Waals surface area contributed by atoms with Gasteiger partial charge in [0.25, 0.3) is 11.8 Å². The molecular formula is C30H31ClN6O2. The number of nitrogens with zero attached hydrogens (tertiary/aromatic N) is 5. The first kappa shape index (κ1) is 25.4. The SMILES string of the molecule is Cc1cn2nc([C@@H]3CCCCN3C(=O)c3cc(Cl)ccc3NC(=O)c3ccccc3)cc2nc1N1CCCC1. The minimum absolute atomic E-state index is 0.176. The number of amides is 2. The Morgan fingerprint density at radius 1 is 0.974 bits per heavy atom. The van der Waals surface area contributed by atoms with Crippen molar-refractivity contribution in [2.75, 3.05) is 29.9 Å². The topological polar surface area (TPSA) is 82.8 Å². The van der Waals surface area contributed by atoms with Crippen molar-refractivity contribution in [1.82, 2.24) is 19.5 Å². The molecule has 4 heterocycles. The van der Waals surface area contributed by atoms with Crippen LogP contribution in [0.25, 0.3) is 5.65 Å². The molecule has 0 aliphatic carbocycles. The highest BCUT2D eigenvalue weighted by atomic mass is 35.5. The van der Waals surface area contributed by atoms with Crippen LogP contribution in [0.2, 0.25) is 5.02 Å². The number of halogens is 1. The Morgan fingerprint density at radius 2 is 1.74 bits per heavy atom. The molecule has 39 heavy (non-hydrogen) atoms. The van der Waals surface area contributed by atoms with E-state index in [2.05, 4.69) is 17.1 Å². The number of piperidine rings is 1. The van der Waals surface area contributed by atoms with Gasteiger partial charge in [0, 0.05) is 48.0 Å². The Labute approximate surface area is 232 Å². The van der Waals surface area contributed by atoms with Gasteiger partial charge < -0.3 is 15.1 Å². The van der Waals surface area contributed by atoms with Crippen LogP contribution >= 0.6 is 11.6 Å². The largest absolute Gasteiger partial charge is 0.356 e. The highest BCUT2D eigenvalue weighted by molar-refractivity contribution is 6.31. The molecule has 1 atom stereocenters. The van der Waals surface area contributed by atoms with Gasteiger partial charge in [-0.2, -0.15) is 5.10 Å². The predicted octanol–water partition coefficient (Wildman–Crippen LogP) is 5.91. The van der Waals surface area contributed by atoms with Gasteiger partial charge in [0.05, 0.1) is 23.0 Å². The molecule has 1 N–H and O–H groups in total. The summed E-state index contributed by atoms with van der Waals surface area (Å²) in [5, 5.41) is 8.21. The Hall–Kier alpha value is -3.91. The molecule has 6 rings (SSSR count). The zero-order chi connectivity index (χ0) is 26.9. The van der Waals surface area contributed by atoms with E-state index in [4.69, 9.17) is 21.7 Å². The third-order valence-electron chi connectivity index (χ3n) is 7.63. The van der Waals surface area contributed by atoms with Gasteiger partial charge in [0.2, 0.25) is 0 Å². The summed E-state index contributed by atoms with van der Waals surface area (Å²) in [4.78, 5) is 36.1. The number of hydrogen-bond donors (Lipinski definition) is 1. The van der Waals surface area contributed by atoms with Gasteiger partial charge in [0.1, 0.15) is 5.82 Å². The van der Waals surface area contributed by atoms with Crippen LogP contribution in [0.3, 0.4) is 0 Å². The average Bonchev–Trinajstić information content (AvgIpc) is 3.64. The highest BCUT2D eigenvalue weighted by Crippen LogP contribution is 2.34. The molecule has 0 bridgehead atoms. The number of rotatable bonds is 5. The minimum atomic E-state index is -0.280. The highest BCUT2D eigenvalue weighted by Gasteiger charge is 2.32. The molecule has 9 heteroatoms. The zero-order valence-corrected chi connectivity index (χ0v) is 22.7. The van der Waals surface area contributed by atoms with Crippen LogP contribution in [0, 0.1) is 6.92 Å². The number of aromatic nitrogens is 3. The first-order valence-corrected chi connectivity index (χ1v) is 13.9. The molecular weight excluding hydrogens is 512 g/mol. The molecule has 2 fully saturated rings. The lowest BCUT2D eigenvalue weighted by molar-refractivity contribution is 0.0607. The molecule has 8 nitrogen and oxygen atoms in total. The summed E-state index contributed by atoms with van der Waals surface area (Å²) in [7, 11) is 0. The number of fused-ring (bicyclic) bond motifs is 1. The Kier molecular flexibility index (Phi) is 6.95. The van der Waals surface area contributed by atoms with E-state index in [-0.39, 0.29) is 17.9 Å². The maximum atomic E-state index is 14.0. The first-order chi connectivity index (χ1) is 19.0. The molecule has 2 aromatic carbocycles. The summed E-state index contributed by atoms with van der Waals surface area (Å²) in [5.41, 5.74) is 4.02. The fourth-order valence-corrected chi connectivity index (χ4v) is 5.83. The number of nitrogens with one attached hydrogen (secondary N) is 1. The van der Waals surface area contributed by atoms with Crippen molar-refractivity contribution < 1.29 is 9.59 Å². The Bertz CT molecular complexity index is 1530. The van der Waals surface area contributed by atoms with Crippen LogP contribution in [-0.4, -0.2) is 50.9 Å². The van der Waals surface area contributed by atoms with E-state index in [0.717, 1.165) is 55.1 Å². The van der Waals surface area contributed by atoms with Gasteiger partial charge in [0.15, 0.2) is 5.65 Å². The van der Waals surface area contributed by atoms with Gasteiger partial charge >= 0.3 is 0 Å². The van der Waals surface area contributed by atoms with E-state index in [9.17, 15) is 9.59 Å². The Balaban J connectivity index is 1.31. The van der Waals surface area contributed by atoms with Crippen molar-refractivity contribution in [3.8, 4) is 0 Å². The molecule has 200 valence electrons. The number of hydrogen-bond acceptors (Lipinski definition) is 5. The molecule has 0 saturated carbocycles. The van der Waals surface area contributed by atoms with E-state index < -0.39 is 0 Å². The van der Waals surface area contributed by atoms with Crippen LogP contribution in [0.15, 0.2) is 60.8 Å². The molecule has 2 saturated heterocycles. The van der Waals surface area contributed by atoms with Gasteiger partial charge in [-0.05, 0) is 69.4 Å². The second-order valence-electron chi connectivity index (χ2n) is 10.3. The average molecular weight is 543 g/mol. The van der Waals surface area contributed by atoms with Gasteiger partial charge in [-0.3, -0.25) is 9.59 Å². The summed E-state index contributed by atoms with van der Waals surface area (Å²) in [6, 6.07) is 15.8. The third kappa shape index (κ3) is 5.08. The second kappa shape index (κ2) is 10.7. The summed E-state index contributed by atoms with van der Waals surface area (Å²) in [6.07, 6.45) is 7.11. The predicted molar refractivity (Wildman–Crippen MR) is 153 cm³/mol. The van der Waals surface area contributed by atoms with E-state index in [1.807, 2.05) is 27.7 Å². The second-order valence-corrected chi connectivity index (χ2v) is 10.8. The molecule has 2 aliphatic heterocycles. The van der Waals surface area contributed by atoms with Gasteiger partial charge in [-0.15, -0.1) is 0 Å². The lowest BCUT2D eigenvalue weighted by Gasteiger charge is -2.35. The number of aryl methyl sites for hydroxylation is 1. The van der Waals surface area contributed by atoms with Crippen molar-refractivity contribution in [1.29, 1.82) is 0 Å². The number of carbonyl (C=O) groups is 2. The fraction of sp³-hybridized carbons (Fsp3) is 0.333. The number of carbonyl (C=O) groups excluding carboxylic acids is 2. The van der Waals surface area contributed by atoms with E-state index in [1.54, 1.807) is 42.5 Å². The monoisotopic (exact) mass is 542 g/mol. The fourth-order valence-electron chi connectivity index (χ4n) is 5.65. The van der Waals surface area contributed by atoms with Crippen LogP contribution < -0.4 is 10.2 Å². The maximum Gasteiger partial charge on any atom is 0.256 e. The van der Waals surface area contributed by atoms with Crippen molar-refractivity contribution in [2.45, 2.75) is 45.1 Å². The van der Waals surface area contributed by atoms with E-state index >= 15 is 0 Å². The molecule has 0 radical (unpaired) electrons. The number of likely N-dealkylation sites (tertiary alicyclic amines) is 1. The quantitative estimate of drug-likeness (QED) is 0.339. The maximum absolute atomic E-state index is 14.0. The molecule has 2 aromatic heterocycles. The summed E-state index contributed by atoms with van der Waals surface area (Å²) < 4.78 is 1.83. The van der Waals surface area contributed by atoms with Gasteiger partial charge in [-0.25, -0.2) is 9.50 Å². The van der Waals surface area contributed by atoms with E-state index in [0.29, 0.717) is 28.4 Å². The molecule has 0 unspecified atom stereocenters. The normalized spacial score (nSPS) is 17.5. The summed E-state index contributed by atoms with van der Waals surface area (Å²) >= 11 is 6.33. The van der Waals surface area contributed by atoms with Crippen LogP contribution in [0.5, 0.6) is 0 Å². The first-order valence-electron chi connectivity index (χ1n) is 13.6. The van der Waals surface area contributed by atoms with Crippen molar-refractivity contribution in [2.24, 2.45) is 0 Å². The zero-order valence-electron chi connectivity index (χ0n) is 21.9. The summed E-state index contributed by atoms with van der Waals surface area (Å²) in [5.74, 6) is 0.558. The lowest BCUT2D eigenvalue weighted by atomic mass is 9.97. The number of benzene rings is 2.